The highest BCUT2D eigenvalue weighted by Crippen LogP contribution is 2.24. The molecule has 2 aromatic rings. The van der Waals surface area contributed by atoms with Crippen LogP contribution < -0.4 is 11.1 Å². The molecule has 1 atom stereocenters. The molecule has 0 radical (unpaired) electrons. The first-order valence-electron chi connectivity index (χ1n) is 5.59. The number of nitrogens with zero attached hydrogens (tertiary/aromatic N) is 3. The molecule has 92 valence electrons. The van der Waals surface area contributed by atoms with Crippen molar-refractivity contribution in [1.82, 2.24) is 19.9 Å². The fourth-order valence-corrected chi connectivity index (χ4v) is 2.13. The summed E-state index contributed by atoms with van der Waals surface area (Å²) in [6, 6.07) is 3.49. The van der Waals surface area contributed by atoms with Gasteiger partial charge in [0, 0.05) is 12.6 Å². The van der Waals surface area contributed by atoms with Crippen molar-refractivity contribution in [3.05, 3.63) is 24.2 Å². The molecule has 0 aliphatic carbocycles. The molecular formula is C11H11N5O2. The van der Waals surface area contributed by atoms with Crippen LogP contribution in [0.5, 0.6) is 0 Å². The van der Waals surface area contributed by atoms with Crippen LogP contribution in [-0.4, -0.2) is 26.4 Å². The van der Waals surface area contributed by atoms with Crippen LogP contribution in [0.15, 0.2) is 18.3 Å². The maximum absolute atomic E-state index is 11.8. The lowest BCUT2D eigenvalue weighted by atomic mass is 9.97. The molecule has 1 aliphatic rings. The number of anilines is 1. The van der Waals surface area contributed by atoms with E-state index in [1.54, 1.807) is 22.7 Å². The normalized spacial score (nSPS) is 20.1. The molecule has 0 bridgehead atoms. The van der Waals surface area contributed by atoms with Crippen molar-refractivity contribution in [3.63, 3.8) is 0 Å². The van der Waals surface area contributed by atoms with Gasteiger partial charge in [-0.15, -0.1) is 10.2 Å². The summed E-state index contributed by atoms with van der Waals surface area (Å²) < 4.78 is 1.69. The first kappa shape index (κ1) is 10.7. The Labute approximate surface area is 102 Å². The van der Waals surface area contributed by atoms with Gasteiger partial charge in [0.2, 0.25) is 11.8 Å². The molecule has 0 spiro atoms. The lowest BCUT2D eigenvalue weighted by Gasteiger charge is -2.19. The van der Waals surface area contributed by atoms with Crippen molar-refractivity contribution in [2.24, 2.45) is 0 Å². The van der Waals surface area contributed by atoms with Crippen LogP contribution in [0.1, 0.15) is 24.6 Å². The van der Waals surface area contributed by atoms with E-state index in [9.17, 15) is 9.59 Å². The van der Waals surface area contributed by atoms with Gasteiger partial charge in [-0.3, -0.25) is 19.3 Å². The van der Waals surface area contributed by atoms with E-state index in [-0.39, 0.29) is 11.8 Å². The van der Waals surface area contributed by atoms with Gasteiger partial charge >= 0.3 is 0 Å². The highest BCUT2D eigenvalue weighted by molar-refractivity contribution is 6.00. The molecule has 7 heteroatoms. The van der Waals surface area contributed by atoms with Gasteiger partial charge in [-0.05, 0) is 18.6 Å². The summed E-state index contributed by atoms with van der Waals surface area (Å²) in [6.07, 6.45) is 2.51. The average Bonchev–Trinajstić information content (AvgIpc) is 2.74. The van der Waals surface area contributed by atoms with Crippen molar-refractivity contribution in [1.29, 1.82) is 0 Å². The van der Waals surface area contributed by atoms with E-state index < -0.39 is 5.92 Å². The topological polar surface area (TPSA) is 102 Å². The van der Waals surface area contributed by atoms with Gasteiger partial charge in [-0.2, -0.15) is 0 Å². The molecule has 1 aliphatic heterocycles. The van der Waals surface area contributed by atoms with Crippen LogP contribution in [0.4, 0.5) is 5.69 Å². The van der Waals surface area contributed by atoms with E-state index in [4.69, 9.17) is 5.73 Å². The van der Waals surface area contributed by atoms with Crippen LogP contribution in [0, 0.1) is 0 Å². The maximum atomic E-state index is 11.8. The number of pyridine rings is 1. The van der Waals surface area contributed by atoms with Crippen molar-refractivity contribution < 1.29 is 9.59 Å². The summed E-state index contributed by atoms with van der Waals surface area (Å²) in [7, 11) is 0. The number of carbonyl (C=O) groups excluding carboxylic acids is 2. The van der Waals surface area contributed by atoms with E-state index in [1.165, 1.54) is 0 Å². The second kappa shape index (κ2) is 3.80. The zero-order valence-electron chi connectivity index (χ0n) is 9.46. The van der Waals surface area contributed by atoms with Gasteiger partial charge in [0.05, 0.1) is 11.6 Å². The molecule has 18 heavy (non-hydrogen) atoms. The Hall–Kier alpha value is -2.44. The van der Waals surface area contributed by atoms with Gasteiger partial charge < -0.3 is 5.73 Å². The predicted molar refractivity (Wildman–Crippen MR) is 62.5 cm³/mol. The molecule has 3 N–H and O–H groups in total. The van der Waals surface area contributed by atoms with E-state index in [1.807, 2.05) is 0 Å². The molecule has 0 saturated carbocycles. The molecule has 2 amide bonds. The van der Waals surface area contributed by atoms with Crippen molar-refractivity contribution in [3.8, 4) is 0 Å². The third-order valence-electron chi connectivity index (χ3n) is 3.04. The zero-order valence-corrected chi connectivity index (χ0v) is 9.46. The number of rotatable bonds is 1. The lowest BCUT2D eigenvalue weighted by Crippen LogP contribution is -2.40. The Bertz CT molecular complexity index is 648. The molecule has 3 rings (SSSR count). The Balaban J connectivity index is 2.07. The number of piperidine rings is 1. The third-order valence-corrected chi connectivity index (χ3v) is 3.04. The van der Waals surface area contributed by atoms with E-state index in [0.717, 1.165) is 0 Å². The number of nitrogens with two attached hydrogens (primary N) is 1. The van der Waals surface area contributed by atoms with Gasteiger partial charge in [-0.1, -0.05) is 0 Å². The number of amides is 2. The average molecular weight is 245 g/mol. The minimum atomic E-state index is -0.459. The van der Waals surface area contributed by atoms with Gasteiger partial charge in [0.15, 0.2) is 5.65 Å². The second-order valence-corrected chi connectivity index (χ2v) is 4.22. The number of fused-ring (bicyclic) bond motifs is 1. The lowest BCUT2D eigenvalue weighted by molar-refractivity contribution is -0.134. The van der Waals surface area contributed by atoms with Crippen LogP contribution in [0.2, 0.25) is 0 Å². The van der Waals surface area contributed by atoms with Crippen LogP contribution in [0.25, 0.3) is 5.65 Å². The quantitative estimate of drug-likeness (QED) is 0.679. The van der Waals surface area contributed by atoms with E-state index >= 15 is 0 Å². The number of hydrogen-bond donors (Lipinski definition) is 2. The first-order valence-corrected chi connectivity index (χ1v) is 5.59. The molecule has 2 aromatic heterocycles. The SMILES string of the molecule is Nc1cccn2c(C3CCC(=O)NC3=O)nnc12. The predicted octanol–water partition coefficient (Wildman–Crippen LogP) is -0.168. The Morgan fingerprint density at radius 1 is 1.39 bits per heavy atom. The molecule has 3 heterocycles. The third kappa shape index (κ3) is 1.52. The molecule has 7 nitrogen and oxygen atoms in total. The fourth-order valence-electron chi connectivity index (χ4n) is 2.13. The van der Waals surface area contributed by atoms with Crippen LogP contribution in [0.3, 0.4) is 0 Å². The smallest absolute Gasteiger partial charge is 0.237 e. The van der Waals surface area contributed by atoms with Gasteiger partial charge in [0.25, 0.3) is 0 Å². The van der Waals surface area contributed by atoms with Crippen molar-refractivity contribution in [2.45, 2.75) is 18.8 Å². The Morgan fingerprint density at radius 3 is 3.00 bits per heavy atom. The number of nitrogen functional groups attached to an aromatic ring is 1. The van der Waals surface area contributed by atoms with Gasteiger partial charge in [0.1, 0.15) is 5.82 Å². The summed E-state index contributed by atoms with van der Waals surface area (Å²) in [4.78, 5) is 22.9. The summed E-state index contributed by atoms with van der Waals surface area (Å²) in [6.45, 7) is 0. The fraction of sp³-hybridized carbons (Fsp3) is 0.273. The Kier molecular flexibility index (Phi) is 2.26. The monoisotopic (exact) mass is 245 g/mol. The summed E-state index contributed by atoms with van der Waals surface area (Å²) in [5.41, 5.74) is 6.81. The van der Waals surface area contributed by atoms with Crippen LogP contribution >= 0.6 is 0 Å². The maximum Gasteiger partial charge on any atom is 0.237 e. The minimum absolute atomic E-state index is 0.246. The standard InChI is InChI=1S/C11H11N5O2/c12-7-2-1-5-16-9(14-15-10(7)16)6-3-4-8(17)13-11(6)18/h1-2,5-6H,3-4,12H2,(H,13,17,18). The summed E-state index contributed by atoms with van der Waals surface area (Å²) in [5, 5.41) is 10.3. The zero-order chi connectivity index (χ0) is 12.7. The van der Waals surface area contributed by atoms with Crippen LogP contribution in [-0.2, 0) is 9.59 Å². The number of carbonyl (C=O) groups is 2. The summed E-state index contributed by atoms with van der Waals surface area (Å²) >= 11 is 0. The molecular weight excluding hydrogens is 234 g/mol. The first-order chi connectivity index (χ1) is 8.66. The number of aromatic nitrogens is 3. The molecule has 1 unspecified atom stereocenters. The highest BCUT2D eigenvalue weighted by Gasteiger charge is 2.31. The largest absolute Gasteiger partial charge is 0.396 e. The highest BCUT2D eigenvalue weighted by atomic mass is 16.2. The second-order valence-electron chi connectivity index (χ2n) is 4.22. The van der Waals surface area contributed by atoms with Gasteiger partial charge in [-0.25, -0.2) is 0 Å². The number of imide groups is 1. The van der Waals surface area contributed by atoms with E-state index in [0.29, 0.717) is 30.0 Å². The molecule has 1 fully saturated rings. The number of nitrogens with one attached hydrogen (secondary N) is 1. The van der Waals surface area contributed by atoms with E-state index in [2.05, 4.69) is 15.5 Å². The molecule has 1 saturated heterocycles. The van der Waals surface area contributed by atoms with Crippen molar-refractivity contribution in [2.75, 3.05) is 5.73 Å². The summed E-state index contributed by atoms with van der Waals surface area (Å²) in [5.74, 6) is -0.519. The molecule has 0 aromatic carbocycles. The van der Waals surface area contributed by atoms with Crippen molar-refractivity contribution >= 4 is 23.1 Å². The Morgan fingerprint density at radius 2 is 2.22 bits per heavy atom. The minimum Gasteiger partial charge on any atom is -0.396 e. The number of hydrogen-bond acceptors (Lipinski definition) is 5.